The lowest BCUT2D eigenvalue weighted by atomic mass is 9.95. The lowest BCUT2D eigenvalue weighted by Crippen LogP contribution is -2.45. The third kappa shape index (κ3) is 7.87. The van der Waals surface area contributed by atoms with Crippen molar-refractivity contribution in [2.45, 2.75) is 26.1 Å². The van der Waals surface area contributed by atoms with E-state index in [0.717, 1.165) is 4.47 Å². The number of amides is 2. The van der Waals surface area contributed by atoms with Crippen molar-refractivity contribution < 1.29 is 33.6 Å². The Morgan fingerprint density at radius 1 is 1.25 bits per heavy atom. The molecule has 40 heavy (non-hydrogen) atoms. The van der Waals surface area contributed by atoms with Gasteiger partial charge >= 0.3 is 12.0 Å². The summed E-state index contributed by atoms with van der Waals surface area (Å²) in [7, 11) is 1.27. The summed E-state index contributed by atoms with van der Waals surface area (Å²) in [5.74, 6) is 0.526. The van der Waals surface area contributed by atoms with E-state index in [-0.39, 0.29) is 18.8 Å². The van der Waals surface area contributed by atoms with E-state index in [1.165, 1.54) is 13.3 Å². The summed E-state index contributed by atoms with van der Waals surface area (Å²) in [6, 6.07) is 9.15. The SMILES string of the molecule is CCOc1cc([C@H]2NC(=O)NC(C)=C2C(=O)OC)ccc1OC[C@@H](O)N/N=C/c1cc(Br)cc(Br)c1OCC#N. The highest BCUT2D eigenvalue weighted by atomic mass is 79.9. The molecule has 2 amide bonds. The summed E-state index contributed by atoms with van der Waals surface area (Å²) >= 11 is 6.79. The number of allylic oxidation sites excluding steroid dienone is 1. The molecule has 0 saturated carbocycles. The predicted molar refractivity (Wildman–Crippen MR) is 152 cm³/mol. The Hall–Kier alpha value is -3.80. The van der Waals surface area contributed by atoms with Crippen LogP contribution in [0.2, 0.25) is 0 Å². The maximum absolute atomic E-state index is 12.4. The van der Waals surface area contributed by atoms with Gasteiger partial charge in [-0.25, -0.2) is 9.59 Å². The first-order valence-electron chi connectivity index (χ1n) is 11.9. The second kappa shape index (κ2) is 14.5. The van der Waals surface area contributed by atoms with Crippen LogP contribution in [0, 0.1) is 11.3 Å². The number of nitrogens with zero attached hydrogens (tertiary/aromatic N) is 2. The third-order valence-corrected chi connectivity index (χ3v) is 6.46. The smallest absolute Gasteiger partial charge is 0.337 e. The van der Waals surface area contributed by atoms with Gasteiger partial charge in [-0.1, -0.05) is 22.0 Å². The van der Waals surface area contributed by atoms with Gasteiger partial charge in [0.2, 0.25) is 0 Å². The number of hydrogen-bond donors (Lipinski definition) is 4. The Balaban J connectivity index is 1.72. The molecule has 0 bridgehead atoms. The Labute approximate surface area is 247 Å². The topological polar surface area (TPSA) is 164 Å². The summed E-state index contributed by atoms with van der Waals surface area (Å²) < 4.78 is 23.2. The number of methoxy groups -OCH3 is 1. The quantitative estimate of drug-likeness (QED) is 0.113. The molecule has 0 radical (unpaired) electrons. The second-order valence-corrected chi connectivity index (χ2v) is 9.94. The molecule has 12 nitrogen and oxygen atoms in total. The zero-order valence-corrected chi connectivity index (χ0v) is 25.0. The van der Waals surface area contributed by atoms with E-state index >= 15 is 0 Å². The van der Waals surface area contributed by atoms with Gasteiger partial charge < -0.3 is 34.7 Å². The van der Waals surface area contributed by atoms with Crippen LogP contribution in [0.1, 0.15) is 31.0 Å². The Morgan fingerprint density at radius 2 is 2.02 bits per heavy atom. The van der Waals surface area contributed by atoms with Gasteiger partial charge in [0.1, 0.15) is 18.4 Å². The van der Waals surface area contributed by atoms with E-state index < -0.39 is 24.3 Å². The fourth-order valence-corrected chi connectivity index (χ4v) is 5.12. The highest BCUT2D eigenvalue weighted by Crippen LogP contribution is 2.35. The van der Waals surface area contributed by atoms with Crippen LogP contribution < -0.4 is 30.3 Å². The van der Waals surface area contributed by atoms with Gasteiger partial charge in [-0.15, -0.1) is 0 Å². The maximum Gasteiger partial charge on any atom is 0.337 e. The zero-order chi connectivity index (χ0) is 29.2. The van der Waals surface area contributed by atoms with E-state index in [2.05, 4.69) is 53.0 Å². The minimum atomic E-state index is -1.19. The number of ether oxygens (including phenoxy) is 4. The van der Waals surface area contributed by atoms with Crippen LogP contribution in [-0.2, 0) is 9.53 Å². The molecule has 2 aromatic carbocycles. The number of urea groups is 1. The van der Waals surface area contributed by atoms with Crippen LogP contribution in [0.15, 0.2) is 55.6 Å². The molecule has 0 spiro atoms. The van der Waals surface area contributed by atoms with Crippen LogP contribution in [0.4, 0.5) is 4.79 Å². The van der Waals surface area contributed by atoms with Crippen LogP contribution in [0.25, 0.3) is 0 Å². The van der Waals surface area contributed by atoms with E-state index in [1.54, 1.807) is 44.2 Å². The predicted octanol–water partition coefficient (Wildman–Crippen LogP) is 3.63. The van der Waals surface area contributed by atoms with Gasteiger partial charge in [-0.2, -0.15) is 10.4 Å². The Morgan fingerprint density at radius 3 is 2.73 bits per heavy atom. The molecule has 4 N–H and O–H groups in total. The first-order chi connectivity index (χ1) is 19.2. The van der Waals surface area contributed by atoms with Crippen LogP contribution in [-0.4, -0.2) is 56.5 Å². The van der Waals surface area contributed by atoms with Gasteiger partial charge in [-0.3, -0.25) is 5.43 Å². The number of hydrazone groups is 1. The van der Waals surface area contributed by atoms with Crippen molar-refractivity contribution in [3.63, 3.8) is 0 Å². The van der Waals surface area contributed by atoms with Crippen LogP contribution in [0.3, 0.4) is 0 Å². The number of hydrogen-bond acceptors (Lipinski definition) is 10. The summed E-state index contributed by atoms with van der Waals surface area (Å²) in [6.07, 6.45) is 0.248. The number of benzene rings is 2. The molecular formula is C26H27Br2N5O7. The highest BCUT2D eigenvalue weighted by Gasteiger charge is 2.32. The monoisotopic (exact) mass is 679 g/mol. The van der Waals surface area contributed by atoms with Crippen molar-refractivity contribution in [2.24, 2.45) is 5.10 Å². The number of nitrogens with one attached hydrogen (secondary N) is 3. The largest absolute Gasteiger partial charge is 0.490 e. The van der Waals surface area contributed by atoms with E-state index in [4.69, 9.17) is 24.2 Å². The molecule has 2 atom stereocenters. The third-order valence-electron chi connectivity index (χ3n) is 5.42. The fraction of sp³-hybridized carbons (Fsp3) is 0.308. The Kier molecular flexibility index (Phi) is 11.2. The first-order valence-corrected chi connectivity index (χ1v) is 13.5. The highest BCUT2D eigenvalue weighted by molar-refractivity contribution is 9.11. The molecule has 2 aromatic rings. The number of aliphatic hydroxyl groups is 1. The van der Waals surface area contributed by atoms with Crippen molar-refractivity contribution in [1.82, 2.24) is 16.1 Å². The van der Waals surface area contributed by atoms with Crippen molar-refractivity contribution in [1.29, 1.82) is 5.26 Å². The minimum Gasteiger partial charge on any atom is -0.490 e. The van der Waals surface area contributed by atoms with Crippen molar-refractivity contribution >= 4 is 50.1 Å². The molecule has 14 heteroatoms. The molecule has 0 saturated heterocycles. The van der Waals surface area contributed by atoms with Crippen LogP contribution >= 0.6 is 31.9 Å². The van der Waals surface area contributed by atoms with Crippen molar-refractivity contribution in [3.8, 4) is 23.3 Å². The van der Waals surface area contributed by atoms with E-state index in [1.807, 2.05) is 6.07 Å². The van der Waals surface area contributed by atoms with Gasteiger partial charge in [0, 0.05) is 15.7 Å². The molecule has 1 heterocycles. The van der Waals surface area contributed by atoms with Gasteiger partial charge in [0.05, 0.1) is 36.0 Å². The molecule has 1 aliphatic rings. The summed E-state index contributed by atoms with van der Waals surface area (Å²) in [4.78, 5) is 24.5. The lowest BCUT2D eigenvalue weighted by Gasteiger charge is -2.28. The summed E-state index contributed by atoms with van der Waals surface area (Å²) in [6.45, 7) is 3.40. The number of halogens is 2. The molecule has 212 valence electrons. The summed E-state index contributed by atoms with van der Waals surface area (Å²) in [5, 5.41) is 28.5. The zero-order valence-electron chi connectivity index (χ0n) is 21.8. The molecule has 1 aliphatic heterocycles. The van der Waals surface area contributed by atoms with Gasteiger partial charge in [0.15, 0.2) is 24.3 Å². The molecule has 3 rings (SSSR count). The molecule has 0 aromatic heterocycles. The number of aliphatic hydroxyl groups excluding tert-OH is 1. The van der Waals surface area contributed by atoms with Crippen molar-refractivity contribution in [2.75, 3.05) is 26.9 Å². The Bertz CT molecular complexity index is 1360. The lowest BCUT2D eigenvalue weighted by molar-refractivity contribution is -0.136. The minimum absolute atomic E-state index is 0.143. The number of esters is 1. The number of nitriles is 1. The van der Waals surface area contributed by atoms with E-state index in [9.17, 15) is 14.7 Å². The first kappa shape index (κ1) is 30.7. The average Bonchev–Trinajstić information content (AvgIpc) is 2.91. The molecule has 0 aliphatic carbocycles. The van der Waals surface area contributed by atoms with E-state index in [0.29, 0.717) is 45.2 Å². The van der Waals surface area contributed by atoms with Crippen LogP contribution in [0.5, 0.6) is 17.2 Å². The number of carbonyl (C=O) groups is 2. The average molecular weight is 681 g/mol. The number of carbonyl (C=O) groups excluding carboxylic acids is 2. The summed E-state index contributed by atoms with van der Waals surface area (Å²) in [5.41, 5.74) is 4.34. The molecule has 0 unspecified atom stereocenters. The standard InChI is InChI=1S/C26H27Br2N5O7/c1-4-38-20-10-15(23-22(25(35)37-3)14(2)31-26(36)32-23)5-6-19(20)40-13-21(34)33-30-12-16-9-17(27)11-18(28)24(16)39-8-7-29/h5-6,9-12,21,23,33-34H,4,8,13H2,1-3H3,(H2,31,32,36)/b30-12+/t21-,23-/m1/s1. The van der Waals surface area contributed by atoms with Gasteiger partial charge in [-0.05, 0) is 59.6 Å². The number of rotatable bonds is 12. The normalized spacial score (nSPS) is 15.5. The van der Waals surface area contributed by atoms with Gasteiger partial charge in [0.25, 0.3) is 0 Å². The maximum atomic E-state index is 12.4. The fourth-order valence-electron chi connectivity index (χ4n) is 3.75. The molecular weight excluding hydrogens is 654 g/mol. The molecule has 0 fully saturated rings. The second-order valence-electron chi connectivity index (χ2n) is 8.17. The van der Waals surface area contributed by atoms with Crippen molar-refractivity contribution in [3.05, 3.63) is 61.7 Å².